The summed E-state index contributed by atoms with van der Waals surface area (Å²) in [6.07, 6.45) is 0.419. The third kappa shape index (κ3) is 4.78. The van der Waals surface area contributed by atoms with Gasteiger partial charge in [-0.25, -0.2) is 14.4 Å². The van der Waals surface area contributed by atoms with Crippen LogP contribution < -0.4 is 5.32 Å². The molecule has 0 unspecified atom stereocenters. The molecule has 156 valence electrons. The van der Waals surface area contributed by atoms with Gasteiger partial charge in [-0.2, -0.15) is 0 Å². The predicted octanol–water partition coefficient (Wildman–Crippen LogP) is 3.27. The molecule has 30 heavy (non-hydrogen) atoms. The van der Waals surface area contributed by atoms with E-state index in [0.717, 1.165) is 10.9 Å². The maximum Gasteiger partial charge on any atom is 0.418 e. The monoisotopic (exact) mass is 410 g/mol. The molecular formula is C22H22N2O6. The molecule has 0 saturated heterocycles. The van der Waals surface area contributed by atoms with Gasteiger partial charge in [0.2, 0.25) is 0 Å². The van der Waals surface area contributed by atoms with Crippen LogP contribution >= 0.6 is 0 Å². The molecule has 0 bridgehead atoms. The fraction of sp³-hybridized carbons (Fsp3) is 0.227. The third-order valence-electron chi connectivity index (χ3n) is 4.58. The Bertz CT molecular complexity index is 1040. The van der Waals surface area contributed by atoms with E-state index in [1.54, 1.807) is 18.3 Å². The van der Waals surface area contributed by atoms with Gasteiger partial charge in [0, 0.05) is 18.0 Å². The highest BCUT2D eigenvalue weighted by molar-refractivity contribution is 5.92. The van der Waals surface area contributed by atoms with Gasteiger partial charge in [-0.15, -0.1) is 0 Å². The summed E-state index contributed by atoms with van der Waals surface area (Å²) in [7, 11) is 2.44. The molecule has 8 heteroatoms. The zero-order valence-corrected chi connectivity index (χ0v) is 16.7. The van der Waals surface area contributed by atoms with Crippen molar-refractivity contribution in [3.8, 4) is 0 Å². The highest BCUT2D eigenvalue weighted by Crippen LogP contribution is 2.23. The molecule has 1 amide bonds. The van der Waals surface area contributed by atoms with Gasteiger partial charge < -0.3 is 19.5 Å². The molecule has 2 aromatic carbocycles. The van der Waals surface area contributed by atoms with E-state index < -0.39 is 24.2 Å². The summed E-state index contributed by atoms with van der Waals surface area (Å²) in [6, 6.07) is 15.6. The van der Waals surface area contributed by atoms with Crippen LogP contribution in [0.2, 0.25) is 0 Å². The molecule has 0 aliphatic heterocycles. The number of methoxy groups -OCH3 is 2. The van der Waals surface area contributed by atoms with Crippen molar-refractivity contribution in [2.24, 2.45) is 0 Å². The molecule has 1 aromatic heterocycles. The molecule has 3 rings (SSSR count). The lowest BCUT2D eigenvalue weighted by molar-refractivity contribution is -0.142. The van der Waals surface area contributed by atoms with E-state index >= 15 is 0 Å². The first-order valence-corrected chi connectivity index (χ1v) is 9.25. The average Bonchev–Trinajstić information content (AvgIpc) is 3.15. The molecule has 0 fully saturated rings. The SMILES string of the molecule is COC(=O)N[C@@H](Cc1cn(C(=O)OCc2ccccc2)c2ccccc12)C(=O)OC. The number of carbonyl (C=O) groups excluding carboxylic acids is 3. The van der Waals surface area contributed by atoms with Crippen LogP contribution in [0.1, 0.15) is 11.1 Å². The van der Waals surface area contributed by atoms with Gasteiger partial charge in [0.15, 0.2) is 0 Å². The Morgan fingerprint density at radius 2 is 1.67 bits per heavy atom. The maximum atomic E-state index is 12.7. The van der Waals surface area contributed by atoms with E-state index in [9.17, 15) is 14.4 Å². The third-order valence-corrected chi connectivity index (χ3v) is 4.58. The average molecular weight is 410 g/mol. The van der Waals surface area contributed by atoms with Gasteiger partial charge in [0.25, 0.3) is 0 Å². The van der Waals surface area contributed by atoms with Gasteiger partial charge in [0.05, 0.1) is 19.7 Å². The van der Waals surface area contributed by atoms with Crippen molar-refractivity contribution in [3.05, 3.63) is 71.9 Å². The Morgan fingerprint density at radius 1 is 0.967 bits per heavy atom. The number of benzene rings is 2. The first-order valence-electron chi connectivity index (χ1n) is 9.25. The summed E-state index contributed by atoms with van der Waals surface area (Å²) in [5, 5.41) is 3.21. The van der Waals surface area contributed by atoms with Crippen LogP contribution in [0.25, 0.3) is 10.9 Å². The quantitative estimate of drug-likeness (QED) is 0.495. The molecule has 0 saturated carbocycles. The van der Waals surface area contributed by atoms with Crippen molar-refractivity contribution in [3.63, 3.8) is 0 Å². The Balaban J connectivity index is 1.86. The van der Waals surface area contributed by atoms with Crippen molar-refractivity contribution >= 4 is 29.1 Å². The van der Waals surface area contributed by atoms with Gasteiger partial charge in [0.1, 0.15) is 12.6 Å². The number of para-hydroxylation sites is 1. The van der Waals surface area contributed by atoms with E-state index in [2.05, 4.69) is 10.1 Å². The summed E-state index contributed by atoms with van der Waals surface area (Å²) in [6.45, 7) is 0.135. The van der Waals surface area contributed by atoms with Crippen molar-refractivity contribution in [2.45, 2.75) is 19.1 Å². The van der Waals surface area contributed by atoms with Gasteiger partial charge in [-0.1, -0.05) is 48.5 Å². The zero-order valence-electron chi connectivity index (χ0n) is 16.7. The highest BCUT2D eigenvalue weighted by atomic mass is 16.6. The van der Waals surface area contributed by atoms with Crippen LogP contribution in [0.3, 0.4) is 0 Å². The van der Waals surface area contributed by atoms with E-state index in [4.69, 9.17) is 9.47 Å². The van der Waals surface area contributed by atoms with Gasteiger partial charge in [-0.05, 0) is 17.2 Å². The molecule has 0 aliphatic rings. The Hall–Kier alpha value is -3.81. The number of aromatic nitrogens is 1. The first-order chi connectivity index (χ1) is 14.5. The summed E-state index contributed by atoms with van der Waals surface area (Å²) in [4.78, 5) is 36.4. The van der Waals surface area contributed by atoms with E-state index in [-0.39, 0.29) is 13.0 Å². The Kier molecular flexibility index (Phi) is 6.69. The number of carbonyl (C=O) groups is 3. The van der Waals surface area contributed by atoms with Crippen LogP contribution in [0.15, 0.2) is 60.8 Å². The summed E-state index contributed by atoms with van der Waals surface area (Å²) in [5.41, 5.74) is 2.18. The Morgan fingerprint density at radius 3 is 2.37 bits per heavy atom. The normalized spacial score (nSPS) is 11.5. The minimum Gasteiger partial charge on any atom is -0.467 e. The molecule has 1 heterocycles. The first kappa shape index (κ1) is 20.9. The highest BCUT2D eigenvalue weighted by Gasteiger charge is 2.25. The largest absolute Gasteiger partial charge is 0.467 e. The lowest BCUT2D eigenvalue weighted by atomic mass is 10.1. The molecular weight excluding hydrogens is 388 g/mol. The maximum absolute atomic E-state index is 12.7. The van der Waals surface area contributed by atoms with Crippen LogP contribution in [-0.4, -0.2) is 43.0 Å². The number of ether oxygens (including phenoxy) is 3. The smallest absolute Gasteiger partial charge is 0.418 e. The van der Waals surface area contributed by atoms with E-state index in [1.807, 2.05) is 42.5 Å². The van der Waals surface area contributed by atoms with Gasteiger partial charge >= 0.3 is 18.2 Å². The topological polar surface area (TPSA) is 95.9 Å². The number of hydrogen-bond donors (Lipinski definition) is 1. The number of fused-ring (bicyclic) bond motifs is 1. The van der Waals surface area contributed by atoms with Crippen LogP contribution in [0.4, 0.5) is 9.59 Å². The molecule has 0 radical (unpaired) electrons. The second-order valence-corrected chi connectivity index (χ2v) is 6.50. The number of rotatable bonds is 6. The number of amides is 1. The van der Waals surface area contributed by atoms with Crippen LogP contribution in [0, 0.1) is 0 Å². The summed E-state index contributed by atoms with van der Waals surface area (Å²) < 4.78 is 16.2. The number of esters is 1. The number of hydrogen-bond acceptors (Lipinski definition) is 6. The Labute approximate surface area is 173 Å². The van der Waals surface area contributed by atoms with E-state index in [0.29, 0.717) is 11.1 Å². The van der Waals surface area contributed by atoms with Crippen molar-refractivity contribution in [2.75, 3.05) is 14.2 Å². The van der Waals surface area contributed by atoms with Crippen molar-refractivity contribution in [1.29, 1.82) is 0 Å². The number of nitrogens with zero attached hydrogens (tertiary/aromatic N) is 1. The standard InChI is InChI=1S/C22H22N2O6/c1-28-20(25)18(23-21(26)29-2)12-16-13-24(19-11-7-6-10-17(16)19)22(27)30-14-15-8-4-3-5-9-15/h3-11,13,18H,12,14H2,1-2H3,(H,23,26)/t18-/m0/s1. The lowest BCUT2D eigenvalue weighted by Gasteiger charge is -2.15. The zero-order chi connectivity index (χ0) is 21.5. The van der Waals surface area contributed by atoms with Gasteiger partial charge in [-0.3, -0.25) is 4.57 Å². The number of nitrogens with one attached hydrogen (secondary N) is 1. The van der Waals surface area contributed by atoms with Crippen LogP contribution in [0.5, 0.6) is 0 Å². The number of alkyl carbamates (subject to hydrolysis) is 1. The minimum absolute atomic E-state index is 0.112. The minimum atomic E-state index is -0.970. The summed E-state index contributed by atoms with van der Waals surface area (Å²) in [5.74, 6) is -0.621. The summed E-state index contributed by atoms with van der Waals surface area (Å²) >= 11 is 0. The molecule has 1 N–H and O–H groups in total. The molecule has 0 spiro atoms. The fourth-order valence-electron chi connectivity index (χ4n) is 3.11. The lowest BCUT2D eigenvalue weighted by Crippen LogP contribution is -2.43. The van der Waals surface area contributed by atoms with Crippen molar-refractivity contribution in [1.82, 2.24) is 9.88 Å². The molecule has 8 nitrogen and oxygen atoms in total. The molecule has 1 atom stereocenters. The molecule has 0 aliphatic carbocycles. The second kappa shape index (κ2) is 9.60. The van der Waals surface area contributed by atoms with E-state index in [1.165, 1.54) is 18.8 Å². The second-order valence-electron chi connectivity index (χ2n) is 6.50. The van der Waals surface area contributed by atoms with Crippen molar-refractivity contribution < 1.29 is 28.6 Å². The predicted molar refractivity (Wildman–Crippen MR) is 109 cm³/mol. The van der Waals surface area contributed by atoms with Crippen LogP contribution in [-0.2, 0) is 32.0 Å². The fourth-order valence-corrected chi connectivity index (χ4v) is 3.11. The molecule has 3 aromatic rings.